The maximum atomic E-state index is 12.6. The molecule has 152 valence electrons. The van der Waals surface area contributed by atoms with Crippen molar-refractivity contribution in [2.75, 3.05) is 26.9 Å². The van der Waals surface area contributed by atoms with Crippen molar-refractivity contribution < 1.29 is 19.7 Å². The van der Waals surface area contributed by atoms with Gasteiger partial charge in [0.15, 0.2) is 0 Å². The molecule has 1 aromatic rings. The lowest BCUT2D eigenvalue weighted by Gasteiger charge is -2.58. The van der Waals surface area contributed by atoms with Gasteiger partial charge in [0.05, 0.1) is 30.0 Å². The van der Waals surface area contributed by atoms with E-state index in [2.05, 4.69) is 12.2 Å². The largest absolute Gasteiger partial charge is 0.396 e. The molecule has 0 saturated heterocycles. The highest BCUT2D eigenvalue weighted by Gasteiger charge is 2.59. The van der Waals surface area contributed by atoms with Crippen LogP contribution in [0.5, 0.6) is 0 Å². The third kappa shape index (κ3) is 3.55. The van der Waals surface area contributed by atoms with Crippen LogP contribution in [-0.2, 0) is 16.0 Å². The summed E-state index contributed by atoms with van der Waals surface area (Å²) in [6, 6.07) is 0. The lowest BCUT2D eigenvalue weighted by atomic mass is 9.47. The van der Waals surface area contributed by atoms with Gasteiger partial charge in [0.25, 0.3) is 0 Å². The summed E-state index contributed by atoms with van der Waals surface area (Å²) in [5.74, 6) is 0.118. The first-order chi connectivity index (χ1) is 12.8. The van der Waals surface area contributed by atoms with E-state index in [-0.39, 0.29) is 29.8 Å². The summed E-state index contributed by atoms with van der Waals surface area (Å²) in [7, 11) is 1.62. The first-order valence-electron chi connectivity index (χ1n) is 9.77. The number of amides is 1. The second-order valence-electron chi connectivity index (χ2n) is 8.62. The van der Waals surface area contributed by atoms with Gasteiger partial charge in [0.2, 0.25) is 5.91 Å². The summed E-state index contributed by atoms with van der Waals surface area (Å²) in [5, 5.41) is 24.8. The summed E-state index contributed by atoms with van der Waals surface area (Å²) in [6.45, 7) is 7.17. The molecule has 1 saturated carbocycles. The number of nitrogens with one attached hydrogen (secondary N) is 1. The molecule has 3 rings (SSSR count). The van der Waals surface area contributed by atoms with E-state index >= 15 is 0 Å². The predicted octanol–water partition coefficient (Wildman–Crippen LogP) is 2.02. The maximum absolute atomic E-state index is 12.6. The number of fused-ring (bicyclic) bond motifs is 2. The Balaban J connectivity index is 1.95. The fourth-order valence-electron chi connectivity index (χ4n) is 5.32. The Kier molecular flexibility index (Phi) is 5.96. The van der Waals surface area contributed by atoms with E-state index in [1.165, 1.54) is 4.88 Å². The van der Waals surface area contributed by atoms with Crippen molar-refractivity contribution >= 4 is 17.2 Å². The second-order valence-corrected chi connectivity index (χ2v) is 9.91. The molecule has 2 aliphatic rings. The number of aliphatic hydroxyl groups is 2. The molecule has 2 aliphatic carbocycles. The molecular weight excluding hydrogens is 364 g/mol. The van der Waals surface area contributed by atoms with Crippen LogP contribution in [0.2, 0.25) is 0 Å². The Morgan fingerprint density at radius 1 is 1.44 bits per heavy atom. The Bertz CT molecular complexity index is 694. The maximum Gasteiger partial charge on any atom is 0.220 e. The third-order valence-corrected chi connectivity index (χ3v) is 8.03. The van der Waals surface area contributed by atoms with Crippen LogP contribution >= 0.6 is 11.3 Å². The zero-order valence-corrected chi connectivity index (χ0v) is 17.6. The van der Waals surface area contributed by atoms with Crippen LogP contribution in [0.15, 0.2) is 0 Å². The van der Waals surface area contributed by atoms with E-state index in [9.17, 15) is 15.0 Å². The van der Waals surface area contributed by atoms with Crippen molar-refractivity contribution in [3.63, 3.8) is 0 Å². The van der Waals surface area contributed by atoms with E-state index in [0.717, 1.165) is 23.5 Å². The molecule has 5 atom stereocenters. The van der Waals surface area contributed by atoms with Crippen molar-refractivity contribution in [3.05, 3.63) is 15.6 Å². The van der Waals surface area contributed by atoms with E-state index in [1.807, 2.05) is 13.8 Å². The van der Waals surface area contributed by atoms with E-state index < -0.39 is 11.5 Å². The fraction of sp³-hybridized carbons (Fsp3) is 0.800. The number of hydrogen-bond acceptors (Lipinski definition) is 6. The molecule has 1 fully saturated rings. The average Bonchev–Trinajstić information content (AvgIpc) is 3.00. The number of ether oxygens (including phenoxy) is 1. The molecule has 0 aliphatic heterocycles. The van der Waals surface area contributed by atoms with Crippen molar-refractivity contribution in [2.24, 2.45) is 16.7 Å². The van der Waals surface area contributed by atoms with Crippen LogP contribution < -0.4 is 5.32 Å². The third-order valence-electron chi connectivity index (χ3n) is 7.02. The van der Waals surface area contributed by atoms with E-state index in [0.29, 0.717) is 26.0 Å². The lowest BCUT2D eigenvalue weighted by molar-refractivity contribution is -0.144. The highest BCUT2D eigenvalue weighted by molar-refractivity contribution is 7.11. The number of aryl methyl sites for hydroxylation is 1. The number of aromatic nitrogens is 1. The minimum atomic E-state index is -0.562. The fourth-order valence-corrected chi connectivity index (χ4v) is 6.36. The minimum Gasteiger partial charge on any atom is -0.396 e. The number of nitrogens with zero attached hydrogens (tertiary/aromatic N) is 1. The van der Waals surface area contributed by atoms with Crippen molar-refractivity contribution in [1.82, 2.24) is 10.3 Å². The second kappa shape index (κ2) is 7.78. The highest BCUT2D eigenvalue weighted by atomic mass is 32.1. The quantitative estimate of drug-likeness (QED) is 0.640. The van der Waals surface area contributed by atoms with Crippen LogP contribution in [0.1, 0.15) is 54.6 Å². The molecule has 0 unspecified atom stereocenters. The normalized spacial score (nSPS) is 35.4. The van der Waals surface area contributed by atoms with Crippen molar-refractivity contribution in [2.45, 2.75) is 58.5 Å². The number of thiazole rings is 1. The SMILES string of the molecule is COCCNC(=O)C[C@@H]1c2nc(C)sc2C[C@H]2[C@](C)(CO)[C@H](O)CC[C@]21C. The molecule has 0 radical (unpaired) electrons. The van der Waals surface area contributed by atoms with Crippen LogP contribution in [-0.4, -0.2) is 54.1 Å². The Morgan fingerprint density at radius 3 is 2.85 bits per heavy atom. The Labute approximate surface area is 165 Å². The number of methoxy groups -OCH3 is 1. The molecule has 6 nitrogen and oxygen atoms in total. The molecule has 1 aromatic heterocycles. The number of carbonyl (C=O) groups is 1. The van der Waals surface area contributed by atoms with Gasteiger partial charge in [-0.1, -0.05) is 13.8 Å². The summed E-state index contributed by atoms with van der Waals surface area (Å²) in [5.41, 5.74) is 0.311. The summed E-state index contributed by atoms with van der Waals surface area (Å²) in [4.78, 5) is 18.6. The van der Waals surface area contributed by atoms with Gasteiger partial charge >= 0.3 is 0 Å². The van der Waals surface area contributed by atoms with Gasteiger partial charge in [0, 0.05) is 36.3 Å². The van der Waals surface area contributed by atoms with Crippen LogP contribution in [0.4, 0.5) is 0 Å². The average molecular weight is 397 g/mol. The zero-order valence-electron chi connectivity index (χ0n) is 16.7. The number of aliphatic hydroxyl groups excluding tert-OH is 2. The highest BCUT2D eigenvalue weighted by Crippen LogP contribution is 2.62. The standard InChI is InChI=1S/C20H32N2O4S/c1-12-22-18-13(9-17(25)21-7-8-26-4)19(2)6-5-16(24)20(3,11-23)15(19)10-14(18)27-12/h13,15-16,23-24H,5-11H2,1-4H3,(H,21,25)/t13-,15-,16-,19+,20+/m1/s1. The molecular formula is C20H32N2O4S. The molecule has 3 N–H and O–H groups in total. The molecule has 1 heterocycles. The monoisotopic (exact) mass is 396 g/mol. The smallest absolute Gasteiger partial charge is 0.220 e. The van der Waals surface area contributed by atoms with Crippen LogP contribution in [0.3, 0.4) is 0 Å². The van der Waals surface area contributed by atoms with Gasteiger partial charge in [-0.2, -0.15) is 0 Å². The molecule has 0 spiro atoms. The lowest BCUT2D eigenvalue weighted by Crippen LogP contribution is -2.57. The first kappa shape index (κ1) is 20.7. The predicted molar refractivity (Wildman–Crippen MR) is 105 cm³/mol. The summed E-state index contributed by atoms with van der Waals surface area (Å²) in [6.07, 6.45) is 2.15. The van der Waals surface area contributed by atoms with Crippen molar-refractivity contribution in [3.8, 4) is 0 Å². The number of carbonyl (C=O) groups excluding carboxylic acids is 1. The molecule has 0 bridgehead atoms. The van der Waals surface area contributed by atoms with E-state index in [1.54, 1.807) is 18.4 Å². The number of rotatable bonds is 6. The summed E-state index contributed by atoms with van der Waals surface area (Å²) < 4.78 is 5.02. The van der Waals surface area contributed by atoms with Gasteiger partial charge in [-0.3, -0.25) is 4.79 Å². The van der Waals surface area contributed by atoms with Gasteiger partial charge in [-0.25, -0.2) is 4.98 Å². The van der Waals surface area contributed by atoms with Gasteiger partial charge in [0.1, 0.15) is 0 Å². The zero-order chi connectivity index (χ0) is 19.8. The van der Waals surface area contributed by atoms with Gasteiger partial charge in [-0.15, -0.1) is 11.3 Å². The Morgan fingerprint density at radius 2 is 2.19 bits per heavy atom. The van der Waals surface area contributed by atoms with Gasteiger partial charge < -0.3 is 20.3 Å². The first-order valence-corrected chi connectivity index (χ1v) is 10.6. The topological polar surface area (TPSA) is 91.7 Å². The number of hydrogen-bond donors (Lipinski definition) is 3. The Hall–Kier alpha value is -1.02. The molecule has 27 heavy (non-hydrogen) atoms. The van der Waals surface area contributed by atoms with Crippen LogP contribution in [0, 0.1) is 23.7 Å². The summed E-state index contributed by atoms with van der Waals surface area (Å²) >= 11 is 1.68. The minimum absolute atomic E-state index is 0.00267. The van der Waals surface area contributed by atoms with Crippen LogP contribution in [0.25, 0.3) is 0 Å². The van der Waals surface area contributed by atoms with Crippen molar-refractivity contribution in [1.29, 1.82) is 0 Å². The molecule has 7 heteroatoms. The van der Waals surface area contributed by atoms with Gasteiger partial charge in [-0.05, 0) is 37.5 Å². The molecule has 1 amide bonds. The van der Waals surface area contributed by atoms with E-state index in [4.69, 9.17) is 9.72 Å². The molecule has 0 aromatic carbocycles.